The Morgan fingerprint density at radius 1 is 1.19 bits per heavy atom. The van der Waals surface area contributed by atoms with Crippen LogP contribution >= 0.6 is 0 Å². The van der Waals surface area contributed by atoms with Gasteiger partial charge in [0.25, 0.3) is 0 Å². The van der Waals surface area contributed by atoms with Gasteiger partial charge in [-0.2, -0.15) is 13.2 Å². The largest absolute Gasteiger partial charge is 0.470 e. The van der Waals surface area contributed by atoms with Crippen molar-refractivity contribution in [3.8, 4) is 0 Å². The third-order valence-corrected chi connectivity index (χ3v) is 3.76. The van der Waals surface area contributed by atoms with Crippen LogP contribution in [0.4, 0.5) is 13.2 Å². The maximum absolute atomic E-state index is 12.3. The lowest BCUT2D eigenvalue weighted by atomic mass is 10.00. The summed E-state index contributed by atoms with van der Waals surface area (Å²) in [5, 5.41) is 6.27. The Bertz CT molecular complexity index is 576. The molecule has 0 aromatic carbocycles. The summed E-state index contributed by atoms with van der Waals surface area (Å²) < 4.78 is 41.6. The van der Waals surface area contributed by atoms with Crippen LogP contribution in [0.1, 0.15) is 11.8 Å². The minimum atomic E-state index is -4.68. The van der Waals surface area contributed by atoms with E-state index in [1.54, 1.807) is 4.90 Å². The third kappa shape index (κ3) is 2.28. The highest BCUT2D eigenvalue weighted by Crippen LogP contribution is 2.33. The van der Waals surface area contributed by atoms with E-state index in [-0.39, 0.29) is 24.2 Å². The summed E-state index contributed by atoms with van der Waals surface area (Å²) in [7, 11) is 1.43. The summed E-state index contributed by atoms with van der Waals surface area (Å²) in [4.78, 5) is 26.4. The molecule has 1 aromatic rings. The second-order valence-electron chi connectivity index (χ2n) is 5.14. The number of aromatic nitrogens is 2. The van der Waals surface area contributed by atoms with Crippen molar-refractivity contribution in [2.75, 3.05) is 20.1 Å². The second-order valence-corrected chi connectivity index (χ2v) is 5.14. The van der Waals surface area contributed by atoms with Gasteiger partial charge in [-0.15, -0.1) is 10.2 Å². The van der Waals surface area contributed by atoms with Crippen molar-refractivity contribution >= 4 is 11.8 Å². The number of nitrogens with zero attached hydrogens (tertiary/aromatic N) is 4. The second kappa shape index (κ2) is 4.52. The first-order chi connectivity index (χ1) is 9.77. The van der Waals surface area contributed by atoms with E-state index < -0.39 is 23.9 Å². The summed E-state index contributed by atoms with van der Waals surface area (Å²) in [6.45, 7) is 0.576. The molecule has 3 heterocycles. The fraction of sp³-hybridized carbons (Fsp3) is 0.636. The van der Waals surface area contributed by atoms with Crippen molar-refractivity contribution in [1.82, 2.24) is 20.0 Å². The molecule has 10 heteroatoms. The fourth-order valence-corrected chi connectivity index (χ4v) is 2.74. The molecular weight excluding hydrogens is 293 g/mol. The molecule has 0 spiro atoms. The van der Waals surface area contributed by atoms with Gasteiger partial charge in [0, 0.05) is 20.1 Å². The molecule has 0 N–H and O–H groups in total. The molecule has 114 valence electrons. The van der Waals surface area contributed by atoms with Gasteiger partial charge < -0.3 is 4.42 Å². The number of likely N-dealkylation sites (tertiary alicyclic amines) is 2. The van der Waals surface area contributed by atoms with E-state index in [9.17, 15) is 22.8 Å². The number of hydrogen-bond acceptors (Lipinski definition) is 6. The first-order valence-corrected chi connectivity index (χ1v) is 6.20. The fourth-order valence-electron chi connectivity index (χ4n) is 2.74. The van der Waals surface area contributed by atoms with Crippen LogP contribution in [0.5, 0.6) is 0 Å². The van der Waals surface area contributed by atoms with E-state index in [4.69, 9.17) is 0 Å². The van der Waals surface area contributed by atoms with E-state index in [2.05, 4.69) is 14.6 Å². The van der Waals surface area contributed by atoms with Crippen molar-refractivity contribution in [2.45, 2.75) is 12.7 Å². The standard InChI is InChI=1S/C11H11F3N4O3/c1-17-8(19)5-2-18(3-6(5)9(17)20)4-7-15-16-10(21-7)11(12,13)14/h5-6H,2-4H2,1H3. The number of imide groups is 1. The normalized spacial score (nSPS) is 26.8. The Morgan fingerprint density at radius 2 is 1.76 bits per heavy atom. The third-order valence-electron chi connectivity index (χ3n) is 3.76. The number of carbonyl (C=O) groups excluding carboxylic acids is 2. The molecule has 2 aliphatic heterocycles. The minimum absolute atomic E-state index is 0.0135. The predicted molar refractivity (Wildman–Crippen MR) is 59.3 cm³/mol. The highest BCUT2D eigenvalue weighted by Gasteiger charge is 2.51. The van der Waals surface area contributed by atoms with Crippen LogP contribution in [-0.2, 0) is 22.3 Å². The van der Waals surface area contributed by atoms with E-state index in [0.29, 0.717) is 13.1 Å². The van der Waals surface area contributed by atoms with Gasteiger partial charge in [-0.05, 0) is 0 Å². The number of fused-ring (bicyclic) bond motifs is 1. The lowest BCUT2D eigenvalue weighted by Gasteiger charge is -2.16. The molecule has 21 heavy (non-hydrogen) atoms. The molecule has 2 aliphatic rings. The summed E-state index contributed by atoms with van der Waals surface area (Å²) in [5.41, 5.74) is 0. The van der Waals surface area contributed by atoms with Gasteiger partial charge in [0.15, 0.2) is 0 Å². The molecule has 0 aliphatic carbocycles. The summed E-state index contributed by atoms with van der Waals surface area (Å²) in [6.07, 6.45) is -4.68. The molecule has 3 rings (SSSR count). The quantitative estimate of drug-likeness (QED) is 0.723. The zero-order valence-electron chi connectivity index (χ0n) is 10.9. The van der Waals surface area contributed by atoms with Gasteiger partial charge >= 0.3 is 12.1 Å². The van der Waals surface area contributed by atoms with Gasteiger partial charge in [-0.1, -0.05) is 0 Å². The van der Waals surface area contributed by atoms with Gasteiger partial charge in [0.1, 0.15) is 0 Å². The van der Waals surface area contributed by atoms with Crippen molar-refractivity contribution in [3.63, 3.8) is 0 Å². The molecule has 2 amide bonds. The Morgan fingerprint density at radius 3 is 2.24 bits per heavy atom. The van der Waals surface area contributed by atoms with Crippen molar-refractivity contribution in [3.05, 3.63) is 11.8 Å². The Hall–Kier alpha value is -1.97. The van der Waals surface area contributed by atoms with Crippen LogP contribution in [0.3, 0.4) is 0 Å². The number of rotatable bonds is 2. The molecule has 0 saturated carbocycles. The van der Waals surface area contributed by atoms with Crippen molar-refractivity contribution < 1.29 is 27.2 Å². The van der Waals surface area contributed by atoms with Crippen LogP contribution in [0.15, 0.2) is 4.42 Å². The highest BCUT2D eigenvalue weighted by molar-refractivity contribution is 6.05. The van der Waals surface area contributed by atoms with Crippen LogP contribution in [-0.4, -0.2) is 51.9 Å². The first kappa shape index (κ1) is 14.0. The number of alkyl halides is 3. The molecule has 2 fully saturated rings. The van der Waals surface area contributed by atoms with E-state index in [1.165, 1.54) is 7.05 Å². The van der Waals surface area contributed by atoms with E-state index in [0.717, 1.165) is 4.90 Å². The number of carbonyl (C=O) groups is 2. The molecule has 2 atom stereocenters. The average Bonchev–Trinajstić information content (AvgIpc) is 3.06. The molecule has 2 saturated heterocycles. The zero-order valence-corrected chi connectivity index (χ0v) is 10.9. The maximum atomic E-state index is 12.3. The van der Waals surface area contributed by atoms with Crippen LogP contribution in [0, 0.1) is 11.8 Å². The Kier molecular flexibility index (Phi) is 3.01. The van der Waals surface area contributed by atoms with Crippen molar-refractivity contribution in [1.29, 1.82) is 0 Å². The van der Waals surface area contributed by atoms with Gasteiger partial charge in [0.05, 0.1) is 18.4 Å². The Balaban J connectivity index is 1.68. The van der Waals surface area contributed by atoms with E-state index >= 15 is 0 Å². The SMILES string of the molecule is CN1C(=O)C2CN(Cc3nnc(C(F)(F)F)o3)CC2C1=O. The molecule has 1 aromatic heterocycles. The Labute approximate surface area is 116 Å². The molecule has 2 unspecified atom stereocenters. The topological polar surface area (TPSA) is 79.5 Å². The summed E-state index contributed by atoms with van der Waals surface area (Å²) >= 11 is 0. The first-order valence-electron chi connectivity index (χ1n) is 6.20. The predicted octanol–water partition coefficient (Wildman–Crippen LogP) is 0.135. The lowest BCUT2D eigenvalue weighted by Crippen LogP contribution is -2.33. The number of halogens is 3. The van der Waals surface area contributed by atoms with Gasteiger partial charge in [0.2, 0.25) is 17.7 Å². The lowest BCUT2D eigenvalue weighted by molar-refractivity contribution is -0.157. The number of amides is 2. The van der Waals surface area contributed by atoms with Crippen LogP contribution < -0.4 is 0 Å². The van der Waals surface area contributed by atoms with Gasteiger partial charge in [-0.25, -0.2) is 0 Å². The highest BCUT2D eigenvalue weighted by atomic mass is 19.4. The smallest absolute Gasteiger partial charge is 0.416 e. The van der Waals surface area contributed by atoms with Crippen LogP contribution in [0.25, 0.3) is 0 Å². The van der Waals surface area contributed by atoms with Crippen LogP contribution in [0.2, 0.25) is 0 Å². The average molecular weight is 304 g/mol. The summed E-state index contributed by atoms with van der Waals surface area (Å²) in [6, 6.07) is 0. The van der Waals surface area contributed by atoms with Crippen molar-refractivity contribution in [2.24, 2.45) is 11.8 Å². The van der Waals surface area contributed by atoms with E-state index in [1.807, 2.05) is 0 Å². The molecular formula is C11H11F3N4O3. The monoisotopic (exact) mass is 304 g/mol. The molecule has 0 bridgehead atoms. The summed E-state index contributed by atoms with van der Waals surface area (Å²) in [5.74, 6) is -2.97. The molecule has 0 radical (unpaired) electrons. The number of hydrogen-bond donors (Lipinski definition) is 0. The van der Waals surface area contributed by atoms with Gasteiger partial charge in [-0.3, -0.25) is 19.4 Å². The maximum Gasteiger partial charge on any atom is 0.470 e. The minimum Gasteiger partial charge on any atom is -0.416 e. The molecule has 7 nitrogen and oxygen atoms in total. The zero-order chi connectivity index (χ0) is 15.4.